The van der Waals surface area contributed by atoms with Gasteiger partial charge in [0.1, 0.15) is 0 Å². The van der Waals surface area contributed by atoms with Gasteiger partial charge in [0.2, 0.25) is 0 Å². The second-order valence-electron chi connectivity index (χ2n) is 10.3. The number of pyridine rings is 1. The van der Waals surface area contributed by atoms with E-state index in [1.165, 1.54) is 0 Å². The van der Waals surface area contributed by atoms with Gasteiger partial charge >= 0.3 is 0 Å². The zero-order valence-electron chi connectivity index (χ0n) is 23.1. The smallest absolute Gasteiger partial charge is 0.187 e. The van der Waals surface area contributed by atoms with E-state index in [4.69, 9.17) is 34.8 Å². The van der Waals surface area contributed by atoms with Gasteiger partial charge in [0, 0.05) is 75.9 Å². The SMILES string of the molecule is O=C1C(=Cc2ccc(Cl)cc2)CN(Cc2cn(CCNc3ccnc4cc(Cl)ccc34)nn2)CC1=Cc1ccc(Cl)cc1. The number of Topliss-reactive ketones (excluding diaryl/α,β-unsaturated/α-hetero) is 1. The molecular formula is C33H27Cl3N6O. The highest BCUT2D eigenvalue weighted by molar-refractivity contribution is 6.31. The Hall–Kier alpha value is -4.01. The van der Waals surface area contributed by atoms with E-state index in [0.29, 0.717) is 58.9 Å². The Bertz CT molecular complexity index is 1760. The second-order valence-corrected chi connectivity index (χ2v) is 11.6. The quantitative estimate of drug-likeness (QED) is 0.180. The van der Waals surface area contributed by atoms with Gasteiger partial charge in [0.05, 0.1) is 17.8 Å². The number of nitrogens with one attached hydrogen (secondary N) is 1. The first kappa shape index (κ1) is 29.1. The standard InChI is InChI=1S/C33H27Cl3N6O/c34-26-5-1-22(2-6-26)15-24-18-41(19-25(33(24)43)16-23-3-7-27(35)8-4-23)20-29-21-42(40-39-29)14-13-38-31-11-12-37-32-17-28(36)9-10-30(31)32/h1-12,15-17,21H,13-14,18-20H2,(H,37,38). The van der Waals surface area contributed by atoms with Crippen LogP contribution < -0.4 is 5.32 Å². The van der Waals surface area contributed by atoms with Crippen molar-refractivity contribution in [2.75, 3.05) is 25.0 Å². The minimum absolute atomic E-state index is 0.0294. The fraction of sp³-hybridized carbons (Fsp3) is 0.152. The summed E-state index contributed by atoms with van der Waals surface area (Å²) in [5, 5.41) is 15.2. The van der Waals surface area contributed by atoms with Gasteiger partial charge in [0.15, 0.2) is 5.78 Å². The molecule has 0 radical (unpaired) electrons. The summed E-state index contributed by atoms with van der Waals surface area (Å²) >= 11 is 18.3. The molecule has 7 nitrogen and oxygen atoms in total. The van der Waals surface area contributed by atoms with Gasteiger partial charge in [0.25, 0.3) is 0 Å². The van der Waals surface area contributed by atoms with Crippen molar-refractivity contribution in [1.29, 1.82) is 0 Å². The van der Waals surface area contributed by atoms with Gasteiger partial charge in [-0.05, 0) is 71.8 Å². The van der Waals surface area contributed by atoms with Crippen LogP contribution in [-0.2, 0) is 17.9 Å². The molecule has 0 amide bonds. The van der Waals surface area contributed by atoms with E-state index in [-0.39, 0.29) is 5.78 Å². The Morgan fingerprint density at radius 2 is 1.44 bits per heavy atom. The molecule has 0 aliphatic carbocycles. The predicted molar refractivity (Wildman–Crippen MR) is 174 cm³/mol. The maximum Gasteiger partial charge on any atom is 0.187 e. The summed E-state index contributed by atoms with van der Waals surface area (Å²) in [4.78, 5) is 20.1. The van der Waals surface area contributed by atoms with E-state index in [9.17, 15) is 4.79 Å². The number of nitrogens with zero attached hydrogens (tertiary/aromatic N) is 5. The van der Waals surface area contributed by atoms with Crippen LogP contribution in [0, 0.1) is 0 Å². The van der Waals surface area contributed by atoms with Crippen LogP contribution >= 0.6 is 34.8 Å². The molecule has 1 N–H and O–H groups in total. The summed E-state index contributed by atoms with van der Waals surface area (Å²) < 4.78 is 1.83. The number of fused-ring (bicyclic) bond motifs is 1. The number of benzene rings is 3. The van der Waals surface area contributed by atoms with E-state index >= 15 is 0 Å². The lowest BCUT2D eigenvalue weighted by molar-refractivity contribution is -0.113. The number of rotatable bonds is 8. The average Bonchev–Trinajstić information content (AvgIpc) is 3.44. The van der Waals surface area contributed by atoms with Crippen molar-refractivity contribution in [1.82, 2.24) is 24.9 Å². The summed E-state index contributed by atoms with van der Waals surface area (Å²) in [6, 6.07) is 22.6. The number of halogens is 3. The van der Waals surface area contributed by atoms with Crippen LogP contribution in [0.3, 0.4) is 0 Å². The molecule has 5 aromatic rings. The van der Waals surface area contributed by atoms with Crippen molar-refractivity contribution in [3.05, 3.63) is 128 Å². The second kappa shape index (κ2) is 13.1. The molecule has 6 rings (SSSR count). The number of hydrogen-bond acceptors (Lipinski definition) is 6. The number of piperidine rings is 1. The topological polar surface area (TPSA) is 75.9 Å². The Morgan fingerprint density at radius 3 is 2.09 bits per heavy atom. The molecule has 0 spiro atoms. The van der Waals surface area contributed by atoms with Gasteiger partial charge in [-0.3, -0.25) is 19.4 Å². The van der Waals surface area contributed by atoms with Gasteiger partial charge in [-0.1, -0.05) is 64.3 Å². The average molecular weight is 630 g/mol. The monoisotopic (exact) mass is 628 g/mol. The fourth-order valence-electron chi connectivity index (χ4n) is 5.07. The third-order valence-electron chi connectivity index (χ3n) is 7.13. The third kappa shape index (κ3) is 7.32. The molecule has 0 bridgehead atoms. The van der Waals surface area contributed by atoms with Crippen LogP contribution in [0.5, 0.6) is 0 Å². The Labute approximate surface area is 264 Å². The molecule has 43 heavy (non-hydrogen) atoms. The van der Waals surface area contributed by atoms with Crippen LogP contribution in [0.25, 0.3) is 23.1 Å². The summed E-state index contributed by atoms with van der Waals surface area (Å²) in [5.74, 6) is 0.0294. The number of hydrogen-bond donors (Lipinski definition) is 1. The molecule has 0 saturated carbocycles. The van der Waals surface area contributed by atoms with Crippen LogP contribution in [-0.4, -0.2) is 50.3 Å². The number of likely N-dealkylation sites (tertiary alicyclic amines) is 1. The molecule has 10 heteroatoms. The number of anilines is 1. The van der Waals surface area contributed by atoms with Crippen LogP contribution in [0.1, 0.15) is 16.8 Å². The van der Waals surface area contributed by atoms with Crippen molar-refractivity contribution in [2.24, 2.45) is 0 Å². The fourth-order valence-corrected chi connectivity index (χ4v) is 5.49. The van der Waals surface area contributed by atoms with Crippen LogP contribution in [0.4, 0.5) is 5.69 Å². The lowest BCUT2D eigenvalue weighted by Crippen LogP contribution is -2.37. The van der Waals surface area contributed by atoms with Crippen molar-refractivity contribution in [2.45, 2.75) is 13.1 Å². The number of carbonyl (C=O) groups excluding carboxylic acids is 1. The first-order chi connectivity index (χ1) is 20.9. The van der Waals surface area contributed by atoms with Gasteiger partial charge in [-0.15, -0.1) is 5.10 Å². The molecule has 3 heterocycles. The summed E-state index contributed by atoms with van der Waals surface area (Å²) in [6.45, 7) is 2.82. The van der Waals surface area contributed by atoms with Crippen molar-refractivity contribution >= 4 is 69.3 Å². The van der Waals surface area contributed by atoms with E-state index in [1.54, 1.807) is 6.20 Å². The highest BCUT2D eigenvalue weighted by Crippen LogP contribution is 2.26. The summed E-state index contributed by atoms with van der Waals surface area (Å²) in [6.07, 6.45) is 7.58. The first-order valence-corrected chi connectivity index (χ1v) is 14.9. The normalized spacial score (nSPS) is 15.9. The number of ketones is 1. The minimum atomic E-state index is 0.0294. The zero-order chi connectivity index (χ0) is 29.8. The number of carbonyl (C=O) groups is 1. The molecule has 1 saturated heterocycles. The highest BCUT2D eigenvalue weighted by atomic mass is 35.5. The Balaban J connectivity index is 1.16. The predicted octanol–water partition coefficient (Wildman–Crippen LogP) is 7.45. The van der Waals surface area contributed by atoms with Gasteiger partial charge < -0.3 is 5.32 Å². The summed E-state index contributed by atoms with van der Waals surface area (Å²) in [5.41, 5.74) is 5.91. The Kier molecular flexibility index (Phi) is 8.86. The molecule has 2 aromatic heterocycles. The molecule has 1 fully saturated rings. The Morgan fingerprint density at radius 1 is 0.814 bits per heavy atom. The lowest BCUT2D eigenvalue weighted by Gasteiger charge is -2.29. The molecular weight excluding hydrogens is 603 g/mol. The minimum Gasteiger partial charge on any atom is -0.383 e. The molecule has 1 aliphatic rings. The van der Waals surface area contributed by atoms with Gasteiger partial charge in [-0.25, -0.2) is 0 Å². The maximum atomic E-state index is 13.5. The summed E-state index contributed by atoms with van der Waals surface area (Å²) in [7, 11) is 0. The van der Waals surface area contributed by atoms with Crippen molar-refractivity contribution in [3.8, 4) is 0 Å². The molecule has 0 unspecified atom stereocenters. The number of aromatic nitrogens is 4. The van der Waals surface area contributed by atoms with Crippen molar-refractivity contribution in [3.63, 3.8) is 0 Å². The van der Waals surface area contributed by atoms with Crippen LogP contribution in [0.15, 0.2) is 96.3 Å². The van der Waals surface area contributed by atoms with E-state index < -0.39 is 0 Å². The van der Waals surface area contributed by atoms with Crippen LogP contribution in [0.2, 0.25) is 15.1 Å². The maximum absolute atomic E-state index is 13.5. The first-order valence-electron chi connectivity index (χ1n) is 13.8. The van der Waals surface area contributed by atoms with E-state index in [0.717, 1.165) is 33.4 Å². The lowest BCUT2D eigenvalue weighted by atomic mass is 9.94. The zero-order valence-corrected chi connectivity index (χ0v) is 25.3. The molecule has 216 valence electrons. The van der Waals surface area contributed by atoms with E-state index in [1.807, 2.05) is 95.8 Å². The molecule has 3 aromatic carbocycles. The van der Waals surface area contributed by atoms with Crippen molar-refractivity contribution < 1.29 is 4.79 Å². The van der Waals surface area contributed by atoms with E-state index in [2.05, 4.69) is 25.5 Å². The third-order valence-corrected chi connectivity index (χ3v) is 7.86. The molecule has 1 aliphatic heterocycles. The largest absolute Gasteiger partial charge is 0.383 e. The highest BCUT2D eigenvalue weighted by Gasteiger charge is 2.27. The molecule has 0 atom stereocenters. The van der Waals surface area contributed by atoms with Gasteiger partial charge in [-0.2, -0.15) is 0 Å².